The van der Waals surface area contributed by atoms with Crippen molar-refractivity contribution in [3.8, 4) is 0 Å². The number of carbonyl (C=O) groups is 1. The zero-order valence-corrected chi connectivity index (χ0v) is 9.16. The molecule has 0 unspecified atom stereocenters. The molecule has 0 aromatic heterocycles. The van der Waals surface area contributed by atoms with Crippen molar-refractivity contribution in [1.82, 2.24) is 0 Å². The molecule has 2 N–H and O–H groups in total. The lowest BCUT2D eigenvalue weighted by atomic mass is 10.0. The van der Waals surface area contributed by atoms with Gasteiger partial charge in [-0.15, -0.1) is 0 Å². The molecule has 80 valence electrons. The van der Waals surface area contributed by atoms with E-state index in [0.29, 0.717) is 6.42 Å². The van der Waals surface area contributed by atoms with Gasteiger partial charge in [-0.25, -0.2) is 0 Å². The fraction of sp³-hybridized carbons (Fsp3) is 0.417. The van der Waals surface area contributed by atoms with Crippen LogP contribution < -0.4 is 10.6 Å². The Kier molecular flexibility index (Phi) is 2.49. The molecule has 0 aliphatic carbocycles. The first kappa shape index (κ1) is 10.2. The zero-order chi connectivity index (χ0) is 11.0. The summed E-state index contributed by atoms with van der Waals surface area (Å²) in [6.07, 6.45) is 1.43. The maximum absolute atomic E-state index is 11.5. The number of anilines is 1. The molecule has 3 nitrogen and oxygen atoms in total. The molecule has 2 rings (SSSR count). The Balaban J connectivity index is 2.37. The predicted molar refractivity (Wildman–Crippen MR) is 60.8 cm³/mol. The van der Waals surface area contributed by atoms with Crippen LogP contribution in [-0.2, 0) is 11.2 Å². The number of carbonyl (C=O) groups excluding carboxylic acids is 1. The summed E-state index contributed by atoms with van der Waals surface area (Å²) < 4.78 is 0. The molecule has 0 saturated heterocycles. The monoisotopic (exact) mass is 204 g/mol. The molecule has 0 radical (unpaired) electrons. The van der Waals surface area contributed by atoms with Gasteiger partial charge in [-0.1, -0.05) is 19.1 Å². The summed E-state index contributed by atoms with van der Waals surface area (Å²) in [6.45, 7) is 2.06. The first-order chi connectivity index (χ1) is 7.13. The van der Waals surface area contributed by atoms with Gasteiger partial charge in [0.1, 0.15) is 0 Å². The average Bonchev–Trinajstić information content (AvgIpc) is 2.53. The molecule has 1 aromatic rings. The second kappa shape index (κ2) is 3.66. The summed E-state index contributed by atoms with van der Waals surface area (Å²) in [7, 11) is 1.81. The van der Waals surface area contributed by atoms with E-state index in [2.05, 4.69) is 13.0 Å². The minimum absolute atomic E-state index is 0.0799. The Labute approximate surface area is 89.9 Å². The number of hydrogen-bond acceptors (Lipinski definition) is 2. The van der Waals surface area contributed by atoms with Crippen LogP contribution in [0.3, 0.4) is 0 Å². The number of fused-ring (bicyclic) bond motifs is 1. The SMILES string of the molecule is CC[C@@H](N)c1ccc2c(c1)CC(=O)N2C. The van der Waals surface area contributed by atoms with Gasteiger partial charge in [0.15, 0.2) is 0 Å². The van der Waals surface area contributed by atoms with E-state index in [-0.39, 0.29) is 11.9 Å². The Hall–Kier alpha value is -1.35. The average molecular weight is 204 g/mol. The quantitative estimate of drug-likeness (QED) is 0.795. The highest BCUT2D eigenvalue weighted by atomic mass is 16.2. The van der Waals surface area contributed by atoms with Gasteiger partial charge in [0.25, 0.3) is 0 Å². The normalized spacial score (nSPS) is 16.7. The van der Waals surface area contributed by atoms with E-state index < -0.39 is 0 Å². The third kappa shape index (κ3) is 1.63. The Bertz CT molecular complexity index is 401. The standard InChI is InChI=1S/C12H16N2O/c1-3-10(13)8-4-5-11-9(6-8)7-12(15)14(11)2/h4-6,10H,3,7,13H2,1-2H3/t10-/m1/s1. The number of likely N-dealkylation sites (N-methyl/N-ethyl adjacent to an activating group) is 1. The molecule has 0 saturated carbocycles. The molecule has 1 aromatic carbocycles. The van der Waals surface area contributed by atoms with Gasteiger partial charge < -0.3 is 10.6 Å². The molecule has 1 aliphatic rings. The Morgan fingerprint density at radius 3 is 2.93 bits per heavy atom. The van der Waals surface area contributed by atoms with E-state index >= 15 is 0 Å². The number of nitrogens with two attached hydrogens (primary N) is 1. The lowest BCUT2D eigenvalue weighted by Crippen LogP contribution is -2.20. The van der Waals surface area contributed by atoms with E-state index in [4.69, 9.17) is 5.73 Å². The van der Waals surface area contributed by atoms with E-state index in [1.807, 2.05) is 19.2 Å². The maximum Gasteiger partial charge on any atom is 0.231 e. The number of nitrogens with zero attached hydrogens (tertiary/aromatic N) is 1. The second-order valence-corrected chi connectivity index (χ2v) is 4.03. The van der Waals surface area contributed by atoms with Crippen LogP contribution in [0.25, 0.3) is 0 Å². The molecule has 1 heterocycles. The van der Waals surface area contributed by atoms with Crippen LogP contribution >= 0.6 is 0 Å². The summed E-state index contributed by atoms with van der Waals surface area (Å²) in [5, 5.41) is 0. The molecule has 1 amide bonds. The fourth-order valence-electron chi connectivity index (χ4n) is 1.96. The topological polar surface area (TPSA) is 46.3 Å². The first-order valence-electron chi connectivity index (χ1n) is 5.28. The minimum Gasteiger partial charge on any atom is -0.324 e. The van der Waals surface area contributed by atoms with Crippen LogP contribution in [0.1, 0.15) is 30.5 Å². The van der Waals surface area contributed by atoms with Crippen LogP contribution in [0.15, 0.2) is 18.2 Å². The molecule has 1 atom stereocenters. The molecule has 0 fully saturated rings. The fourth-order valence-corrected chi connectivity index (χ4v) is 1.96. The van der Waals surface area contributed by atoms with Gasteiger partial charge in [0.05, 0.1) is 6.42 Å². The van der Waals surface area contributed by atoms with Gasteiger partial charge in [-0.2, -0.15) is 0 Å². The van der Waals surface area contributed by atoms with Crippen molar-refractivity contribution in [3.05, 3.63) is 29.3 Å². The third-order valence-electron chi connectivity index (χ3n) is 3.05. The van der Waals surface area contributed by atoms with Crippen molar-refractivity contribution in [2.45, 2.75) is 25.8 Å². The summed E-state index contributed by atoms with van der Waals surface area (Å²) in [6, 6.07) is 6.15. The van der Waals surface area contributed by atoms with Crippen molar-refractivity contribution in [3.63, 3.8) is 0 Å². The molecular formula is C12H16N2O. The van der Waals surface area contributed by atoms with Crippen LogP contribution in [0, 0.1) is 0 Å². The van der Waals surface area contributed by atoms with Crippen molar-refractivity contribution in [2.75, 3.05) is 11.9 Å². The Morgan fingerprint density at radius 2 is 2.27 bits per heavy atom. The lowest BCUT2D eigenvalue weighted by molar-refractivity contribution is -0.117. The molecule has 3 heteroatoms. The molecule has 0 spiro atoms. The van der Waals surface area contributed by atoms with Crippen LogP contribution in [0.2, 0.25) is 0 Å². The van der Waals surface area contributed by atoms with Gasteiger partial charge in [0, 0.05) is 18.8 Å². The molecule has 15 heavy (non-hydrogen) atoms. The number of benzene rings is 1. The van der Waals surface area contributed by atoms with E-state index in [0.717, 1.165) is 23.2 Å². The highest BCUT2D eigenvalue weighted by molar-refractivity contribution is 6.00. The van der Waals surface area contributed by atoms with Gasteiger partial charge in [-0.3, -0.25) is 4.79 Å². The molecular weight excluding hydrogens is 188 g/mol. The summed E-state index contributed by atoms with van der Waals surface area (Å²) in [5.74, 6) is 0.159. The highest BCUT2D eigenvalue weighted by Crippen LogP contribution is 2.30. The second-order valence-electron chi connectivity index (χ2n) is 4.03. The summed E-state index contributed by atoms with van der Waals surface area (Å²) in [5.41, 5.74) is 9.20. The Morgan fingerprint density at radius 1 is 1.53 bits per heavy atom. The minimum atomic E-state index is 0.0799. The predicted octanol–water partition coefficient (Wildman–Crippen LogP) is 1.62. The molecule has 0 bridgehead atoms. The van der Waals surface area contributed by atoms with Crippen molar-refractivity contribution < 1.29 is 4.79 Å². The van der Waals surface area contributed by atoms with Crippen LogP contribution in [0.5, 0.6) is 0 Å². The van der Waals surface area contributed by atoms with Gasteiger partial charge >= 0.3 is 0 Å². The van der Waals surface area contributed by atoms with Gasteiger partial charge in [0.2, 0.25) is 5.91 Å². The largest absolute Gasteiger partial charge is 0.324 e. The van der Waals surface area contributed by atoms with E-state index in [1.165, 1.54) is 0 Å². The smallest absolute Gasteiger partial charge is 0.231 e. The van der Waals surface area contributed by atoms with Crippen LogP contribution in [-0.4, -0.2) is 13.0 Å². The summed E-state index contributed by atoms with van der Waals surface area (Å²) in [4.78, 5) is 13.2. The number of rotatable bonds is 2. The van der Waals surface area contributed by atoms with Crippen molar-refractivity contribution in [2.24, 2.45) is 5.73 Å². The maximum atomic E-state index is 11.5. The van der Waals surface area contributed by atoms with Crippen LogP contribution in [0.4, 0.5) is 5.69 Å². The number of hydrogen-bond donors (Lipinski definition) is 1. The van der Waals surface area contributed by atoms with E-state index in [9.17, 15) is 4.79 Å². The number of amides is 1. The van der Waals surface area contributed by atoms with E-state index in [1.54, 1.807) is 4.90 Å². The van der Waals surface area contributed by atoms with Crippen molar-refractivity contribution >= 4 is 11.6 Å². The third-order valence-corrected chi connectivity index (χ3v) is 3.05. The van der Waals surface area contributed by atoms with Gasteiger partial charge in [-0.05, 0) is 23.6 Å². The molecule has 1 aliphatic heterocycles. The highest BCUT2D eigenvalue weighted by Gasteiger charge is 2.24. The van der Waals surface area contributed by atoms with Crippen molar-refractivity contribution in [1.29, 1.82) is 0 Å². The summed E-state index contributed by atoms with van der Waals surface area (Å²) >= 11 is 0. The zero-order valence-electron chi connectivity index (χ0n) is 9.16. The lowest BCUT2D eigenvalue weighted by Gasteiger charge is -2.13. The first-order valence-corrected chi connectivity index (χ1v) is 5.28.